The normalized spacial score (nSPS) is 9.82. The predicted molar refractivity (Wildman–Crippen MR) is 86.6 cm³/mol. The van der Waals surface area contributed by atoms with Crippen LogP contribution in [-0.2, 0) is 16.0 Å². The number of ether oxygens (including phenoxy) is 1. The standard InChI is InChI=1S/C19H16O3/c1-3-17(20)13-14-5-7-15(8-6-14)16-9-11-18(12-10-16)22-19(21)4-2/h3-12H,1-2,13H2. The smallest absolute Gasteiger partial charge is 0.335 e. The molecule has 0 atom stereocenters. The molecular formula is C19H16O3. The molecule has 0 heterocycles. The number of carbonyl (C=O) groups is 2. The Morgan fingerprint density at radius 2 is 1.41 bits per heavy atom. The molecule has 0 saturated heterocycles. The van der Waals surface area contributed by atoms with Gasteiger partial charge in [-0.3, -0.25) is 4.79 Å². The first kappa shape index (κ1) is 15.4. The van der Waals surface area contributed by atoms with E-state index in [1.807, 2.05) is 36.4 Å². The monoisotopic (exact) mass is 292 g/mol. The lowest BCUT2D eigenvalue weighted by atomic mass is 10.0. The van der Waals surface area contributed by atoms with Crippen LogP contribution in [0.1, 0.15) is 5.56 Å². The SMILES string of the molecule is C=CC(=O)Cc1ccc(-c2ccc(OC(=O)C=C)cc2)cc1. The number of rotatable bonds is 6. The highest BCUT2D eigenvalue weighted by atomic mass is 16.5. The molecule has 2 aromatic rings. The van der Waals surface area contributed by atoms with Crippen LogP contribution < -0.4 is 4.74 Å². The summed E-state index contributed by atoms with van der Waals surface area (Å²) in [6, 6.07) is 14.9. The molecule has 3 heteroatoms. The molecule has 0 aliphatic carbocycles. The predicted octanol–water partition coefficient (Wildman–Crippen LogP) is 3.74. The first-order valence-corrected chi connectivity index (χ1v) is 6.81. The Morgan fingerprint density at radius 1 is 0.864 bits per heavy atom. The average Bonchev–Trinajstić information content (AvgIpc) is 2.56. The van der Waals surface area contributed by atoms with Crippen molar-refractivity contribution in [2.45, 2.75) is 6.42 Å². The summed E-state index contributed by atoms with van der Waals surface area (Å²) in [5, 5.41) is 0. The van der Waals surface area contributed by atoms with Crippen molar-refractivity contribution in [3.8, 4) is 16.9 Å². The second-order valence-electron chi connectivity index (χ2n) is 4.69. The first-order chi connectivity index (χ1) is 10.6. The summed E-state index contributed by atoms with van der Waals surface area (Å²) in [5.74, 6) is -0.00743. The lowest BCUT2D eigenvalue weighted by Crippen LogP contribution is -2.02. The summed E-state index contributed by atoms with van der Waals surface area (Å²) in [7, 11) is 0. The van der Waals surface area contributed by atoms with Crippen LogP contribution in [-0.4, -0.2) is 11.8 Å². The van der Waals surface area contributed by atoms with Crippen molar-refractivity contribution in [1.82, 2.24) is 0 Å². The number of carbonyl (C=O) groups excluding carboxylic acids is 2. The van der Waals surface area contributed by atoms with E-state index in [4.69, 9.17) is 4.74 Å². The van der Waals surface area contributed by atoms with Crippen LogP contribution in [0.4, 0.5) is 0 Å². The highest BCUT2D eigenvalue weighted by Crippen LogP contribution is 2.23. The van der Waals surface area contributed by atoms with Crippen molar-refractivity contribution in [3.05, 3.63) is 79.4 Å². The summed E-state index contributed by atoms with van der Waals surface area (Å²) in [5.41, 5.74) is 2.97. The van der Waals surface area contributed by atoms with Gasteiger partial charge in [0.2, 0.25) is 0 Å². The summed E-state index contributed by atoms with van der Waals surface area (Å²) in [4.78, 5) is 22.4. The molecule has 0 fully saturated rings. The molecule has 0 aromatic heterocycles. The molecule has 0 saturated carbocycles. The van der Waals surface area contributed by atoms with Crippen molar-refractivity contribution in [2.24, 2.45) is 0 Å². The molecule has 0 N–H and O–H groups in total. The molecule has 3 nitrogen and oxygen atoms in total. The van der Waals surface area contributed by atoms with Crippen LogP contribution in [0.5, 0.6) is 5.75 Å². The molecule has 0 unspecified atom stereocenters. The van der Waals surface area contributed by atoms with E-state index in [0.717, 1.165) is 22.8 Å². The average molecular weight is 292 g/mol. The molecule has 0 amide bonds. The molecule has 22 heavy (non-hydrogen) atoms. The number of allylic oxidation sites excluding steroid dienone is 1. The molecule has 0 aliphatic rings. The molecular weight excluding hydrogens is 276 g/mol. The lowest BCUT2D eigenvalue weighted by Gasteiger charge is -2.05. The summed E-state index contributed by atoms with van der Waals surface area (Å²) < 4.78 is 5.03. The Balaban J connectivity index is 2.11. The number of benzene rings is 2. The van der Waals surface area contributed by atoms with E-state index in [2.05, 4.69) is 13.2 Å². The van der Waals surface area contributed by atoms with Gasteiger partial charge in [-0.05, 0) is 34.9 Å². The van der Waals surface area contributed by atoms with Gasteiger partial charge in [0.1, 0.15) is 5.75 Å². The first-order valence-electron chi connectivity index (χ1n) is 6.81. The number of hydrogen-bond donors (Lipinski definition) is 0. The molecule has 0 bridgehead atoms. The lowest BCUT2D eigenvalue weighted by molar-refractivity contribution is -0.129. The van der Waals surface area contributed by atoms with Crippen LogP contribution in [0.2, 0.25) is 0 Å². The second kappa shape index (κ2) is 7.18. The molecule has 0 aliphatic heterocycles. The Morgan fingerprint density at radius 3 is 1.91 bits per heavy atom. The zero-order chi connectivity index (χ0) is 15.9. The van der Waals surface area contributed by atoms with Gasteiger partial charge in [-0.25, -0.2) is 4.79 Å². The molecule has 0 radical (unpaired) electrons. The molecule has 2 rings (SSSR count). The van der Waals surface area contributed by atoms with E-state index < -0.39 is 5.97 Å². The van der Waals surface area contributed by atoms with Gasteiger partial charge in [0.25, 0.3) is 0 Å². The topological polar surface area (TPSA) is 43.4 Å². The quantitative estimate of drug-likeness (QED) is 0.463. The fraction of sp³-hybridized carbons (Fsp3) is 0.0526. The summed E-state index contributed by atoms with van der Waals surface area (Å²) >= 11 is 0. The van der Waals surface area contributed by atoms with Gasteiger partial charge < -0.3 is 4.74 Å². The van der Waals surface area contributed by atoms with Crippen LogP contribution in [0, 0.1) is 0 Å². The second-order valence-corrected chi connectivity index (χ2v) is 4.69. The Kier molecular flexibility index (Phi) is 5.04. The number of hydrogen-bond acceptors (Lipinski definition) is 3. The fourth-order valence-corrected chi connectivity index (χ4v) is 1.96. The minimum absolute atomic E-state index is 0.00105. The van der Waals surface area contributed by atoms with Gasteiger partial charge in [-0.15, -0.1) is 0 Å². The van der Waals surface area contributed by atoms with Gasteiger partial charge in [0.05, 0.1) is 0 Å². The van der Waals surface area contributed by atoms with Gasteiger partial charge in [0.15, 0.2) is 5.78 Å². The van der Waals surface area contributed by atoms with E-state index in [0.29, 0.717) is 12.2 Å². The zero-order valence-corrected chi connectivity index (χ0v) is 12.1. The van der Waals surface area contributed by atoms with Crippen LogP contribution in [0.3, 0.4) is 0 Å². The van der Waals surface area contributed by atoms with Crippen LogP contribution >= 0.6 is 0 Å². The molecule has 110 valence electrons. The third-order valence-corrected chi connectivity index (χ3v) is 3.13. The van der Waals surface area contributed by atoms with E-state index in [9.17, 15) is 9.59 Å². The van der Waals surface area contributed by atoms with E-state index in [1.54, 1.807) is 12.1 Å². The minimum atomic E-state index is -0.482. The Bertz CT molecular complexity index is 631. The van der Waals surface area contributed by atoms with Gasteiger partial charge in [-0.1, -0.05) is 49.6 Å². The third kappa shape index (κ3) is 4.03. The van der Waals surface area contributed by atoms with Gasteiger partial charge >= 0.3 is 5.97 Å². The van der Waals surface area contributed by atoms with E-state index in [-0.39, 0.29) is 5.78 Å². The van der Waals surface area contributed by atoms with Crippen LogP contribution in [0.15, 0.2) is 73.8 Å². The number of esters is 1. The van der Waals surface area contributed by atoms with Crippen molar-refractivity contribution >= 4 is 11.8 Å². The maximum Gasteiger partial charge on any atom is 0.335 e. The van der Waals surface area contributed by atoms with Crippen molar-refractivity contribution in [3.63, 3.8) is 0 Å². The Labute approximate surface area is 129 Å². The van der Waals surface area contributed by atoms with Crippen molar-refractivity contribution in [2.75, 3.05) is 0 Å². The van der Waals surface area contributed by atoms with Crippen molar-refractivity contribution in [1.29, 1.82) is 0 Å². The van der Waals surface area contributed by atoms with Gasteiger partial charge in [-0.2, -0.15) is 0 Å². The highest BCUT2D eigenvalue weighted by Gasteiger charge is 2.03. The van der Waals surface area contributed by atoms with E-state index >= 15 is 0 Å². The summed E-state index contributed by atoms with van der Waals surface area (Å²) in [6.07, 6.45) is 2.81. The maximum absolute atomic E-state index is 11.3. The highest BCUT2D eigenvalue weighted by molar-refractivity contribution is 5.90. The van der Waals surface area contributed by atoms with E-state index in [1.165, 1.54) is 6.08 Å². The van der Waals surface area contributed by atoms with Crippen LogP contribution in [0.25, 0.3) is 11.1 Å². The third-order valence-electron chi connectivity index (χ3n) is 3.13. The van der Waals surface area contributed by atoms with Gasteiger partial charge in [0, 0.05) is 12.5 Å². The largest absolute Gasteiger partial charge is 0.423 e. The Hall–Kier alpha value is -2.94. The fourth-order valence-electron chi connectivity index (χ4n) is 1.96. The molecule has 0 spiro atoms. The van der Waals surface area contributed by atoms with Crippen molar-refractivity contribution < 1.29 is 14.3 Å². The maximum atomic E-state index is 11.3. The molecule has 2 aromatic carbocycles. The minimum Gasteiger partial charge on any atom is -0.423 e. The number of ketones is 1. The summed E-state index contributed by atoms with van der Waals surface area (Å²) in [6.45, 7) is 6.82. The zero-order valence-electron chi connectivity index (χ0n) is 12.1.